The molecule has 5 heteroatoms. The second-order valence-corrected chi connectivity index (χ2v) is 4.97. The zero-order valence-corrected chi connectivity index (χ0v) is 11.3. The van der Waals surface area contributed by atoms with E-state index in [1.165, 1.54) is 0 Å². The van der Waals surface area contributed by atoms with Gasteiger partial charge < -0.3 is 15.4 Å². The first-order chi connectivity index (χ1) is 8.54. The van der Waals surface area contributed by atoms with Crippen LogP contribution >= 0.6 is 11.6 Å². The van der Waals surface area contributed by atoms with E-state index in [4.69, 9.17) is 22.1 Å². The predicted molar refractivity (Wildman–Crippen MR) is 70.7 cm³/mol. The number of benzene rings is 1. The molecule has 0 saturated carbocycles. The van der Waals surface area contributed by atoms with Crippen molar-refractivity contribution >= 4 is 17.5 Å². The topological polar surface area (TPSA) is 55.6 Å². The number of hydrogen-bond donors (Lipinski definition) is 1. The molecule has 0 bridgehead atoms. The third-order valence-electron chi connectivity index (χ3n) is 3.42. The summed E-state index contributed by atoms with van der Waals surface area (Å²) in [5, 5.41) is 0.615. The van der Waals surface area contributed by atoms with Crippen LogP contribution in [0.3, 0.4) is 0 Å². The molecule has 2 unspecified atom stereocenters. The molecule has 2 rings (SSSR count). The molecule has 1 aromatic carbocycles. The van der Waals surface area contributed by atoms with Crippen molar-refractivity contribution in [1.29, 1.82) is 0 Å². The minimum atomic E-state index is -0.181. The van der Waals surface area contributed by atoms with E-state index in [-0.39, 0.29) is 18.0 Å². The summed E-state index contributed by atoms with van der Waals surface area (Å²) in [6.45, 7) is 0. The Hall–Kier alpha value is -1.26. The van der Waals surface area contributed by atoms with Crippen molar-refractivity contribution in [2.24, 2.45) is 5.73 Å². The number of hydrogen-bond acceptors (Lipinski definition) is 3. The highest BCUT2D eigenvalue weighted by Crippen LogP contribution is 2.36. The van der Waals surface area contributed by atoms with E-state index in [2.05, 4.69) is 0 Å². The largest absolute Gasteiger partial charge is 0.496 e. The van der Waals surface area contributed by atoms with Crippen molar-refractivity contribution in [1.82, 2.24) is 4.90 Å². The number of nitrogens with zero attached hydrogens (tertiary/aromatic N) is 1. The van der Waals surface area contributed by atoms with Crippen molar-refractivity contribution in [2.75, 3.05) is 14.2 Å². The van der Waals surface area contributed by atoms with Gasteiger partial charge in [0.1, 0.15) is 5.75 Å². The molecular weight excluding hydrogens is 252 g/mol. The van der Waals surface area contributed by atoms with E-state index in [9.17, 15) is 4.79 Å². The number of rotatable bonds is 2. The Balaban J connectivity index is 2.45. The molecule has 2 atom stereocenters. The van der Waals surface area contributed by atoms with Crippen LogP contribution in [0.25, 0.3) is 0 Å². The third kappa shape index (κ3) is 2.31. The molecule has 0 aliphatic carbocycles. The van der Waals surface area contributed by atoms with Gasteiger partial charge in [0.05, 0.1) is 13.2 Å². The average molecular weight is 269 g/mol. The van der Waals surface area contributed by atoms with E-state index in [0.29, 0.717) is 23.6 Å². The number of likely N-dealkylation sites (N-methyl/N-ethyl adjacent to an activating group) is 1. The average Bonchev–Trinajstić information content (AvgIpc) is 2.35. The first kappa shape index (κ1) is 13.2. The van der Waals surface area contributed by atoms with Crippen LogP contribution in [0.15, 0.2) is 18.2 Å². The summed E-state index contributed by atoms with van der Waals surface area (Å²) in [6, 6.07) is 5.11. The maximum atomic E-state index is 11.8. The first-order valence-electron chi connectivity index (χ1n) is 5.89. The first-order valence-corrected chi connectivity index (χ1v) is 6.27. The number of piperidine rings is 1. The van der Waals surface area contributed by atoms with Gasteiger partial charge in [-0.25, -0.2) is 0 Å². The van der Waals surface area contributed by atoms with Crippen LogP contribution < -0.4 is 10.5 Å². The highest BCUT2D eigenvalue weighted by atomic mass is 35.5. The number of likely N-dealkylation sites (tertiary alicyclic amines) is 1. The van der Waals surface area contributed by atoms with Gasteiger partial charge in [0, 0.05) is 30.1 Å². The molecule has 1 fully saturated rings. The van der Waals surface area contributed by atoms with Gasteiger partial charge in [-0.05, 0) is 24.6 Å². The van der Waals surface area contributed by atoms with Crippen molar-refractivity contribution in [2.45, 2.75) is 24.9 Å². The van der Waals surface area contributed by atoms with Crippen molar-refractivity contribution in [3.8, 4) is 5.75 Å². The van der Waals surface area contributed by atoms with Crippen LogP contribution in [-0.2, 0) is 4.79 Å². The summed E-state index contributed by atoms with van der Waals surface area (Å²) in [5.74, 6) is 0.810. The maximum absolute atomic E-state index is 11.8. The van der Waals surface area contributed by atoms with Gasteiger partial charge in [0.2, 0.25) is 5.91 Å². The van der Waals surface area contributed by atoms with Gasteiger partial charge >= 0.3 is 0 Å². The molecule has 98 valence electrons. The monoisotopic (exact) mass is 268 g/mol. The number of nitrogens with two attached hydrogens (primary N) is 1. The lowest BCUT2D eigenvalue weighted by Gasteiger charge is -2.38. The molecule has 1 aliphatic rings. The van der Waals surface area contributed by atoms with Crippen LogP contribution in [0.4, 0.5) is 0 Å². The fraction of sp³-hybridized carbons (Fsp3) is 0.462. The van der Waals surface area contributed by atoms with E-state index < -0.39 is 0 Å². The zero-order valence-electron chi connectivity index (χ0n) is 10.5. The summed E-state index contributed by atoms with van der Waals surface area (Å²) >= 11 is 6.03. The lowest BCUT2D eigenvalue weighted by molar-refractivity contribution is -0.135. The minimum absolute atomic E-state index is 0.0972. The Morgan fingerprint density at radius 1 is 1.50 bits per heavy atom. The molecule has 0 radical (unpaired) electrons. The molecule has 1 amide bonds. The van der Waals surface area contributed by atoms with Gasteiger partial charge in [0.15, 0.2) is 0 Å². The molecule has 1 saturated heterocycles. The molecule has 1 heterocycles. The summed E-state index contributed by atoms with van der Waals surface area (Å²) in [6.07, 6.45) is 1.18. The number of amides is 1. The standard InChI is InChI=1S/C13H17ClN2O2/c1-16-12(17)6-4-10(15)13(16)9-7-8(14)3-5-11(9)18-2/h3,5,7,10,13H,4,6,15H2,1-2H3. The lowest BCUT2D eigenvalue weighted by Crippen LogP contribution is -2.46. The van der Waals surface area contributed by atoms with Gasteiger partial charge in [-0.1, -0.05) is 11.6 Å². The maximum Gasteiger partial charge on any atom is 0.222 e. The number of carbonyl (C=O) groups excluding carboxylic acids is 1. The molecule has 1 aromatic rings. The Morgan fingerprint density at radius 2 is 2.22 bits per heavy atom. The highest BCUT2D eigenvalue weighted by molar-refractivity contribution is 6.30. The van der Waals surface area contributed by atoms with Gasteiger partial charge in [-0.15, -0.1) is 0 Å². The number of carbonyl (C=O) groups is 1. The van der Waals surface area contributed by atoms with Crippen molar-refractivity contribution in [3.05, 3.63) is 28.8 Å². The second kappa shape index (κ2) is 5.16. The Morgan fingerprint density at radius 3 is 2.89 bits per heavy atom. The lowest BCUT2D eigenvalue weighted by atomic mass is 9.90. The quantitative estimate of drug-likeness (QED) is 0.892. The molecule has 4 nitrogen and oxygen atoms in total. The SMILES string of the molecule is COc1ccc(Cl)cc1C1C(N)CCC(=O)N1C. The molecule has 2 N–H and O–H groups in total. The fourth-order valence-electron chi connectivity index (χ4n) is 2.44. The third-order valence-corrected chi connectivity index (χ3v) is 3.65. The summed E-state index contributed by atoms with van der Waals surface area (Å²) in [4.78, 5) is 13.5. The summed E-state index contributed by atoms with van der Waals surface area (Å²) in [7, 11) is 3.37. The second-order valence-electron chi connectivity index (χ2n) is 4.54. The van der Waals surface area contributed by atoms with E-state index in [1.807, 2.05) is 6.07 Å². The van der Waals surface area contributed by atoms with Crippen LogP contribution in [0.1, 0.15) is 24.4 Å². The zero-order chi connectivity index (χ0) is 13.3. The minimum Gasteiger partial charge on any atom is -0.496 e. The van der Waals surface area contributed by atoms with Crippen LogP contribution in [-0.4, -0.2) is 31.0 Å². The summed E-state index contributed by atoms with van der Waals surface area (Å²) in [5.41, 5.74) is 7.01. The molecular formula is C13H17ClN2O2. The van der Waals surface area contributed by atoms with Gasteiger partial charge in [-0.3, -0.25) is 4.79 Å². The Kier molecular flexibility index (Phi) is 3.78. The van der Waals surface area contributed by atoms with Gasteiger partial charge in [-0.2, -0.15) is 0 Å². The van der Waals surface area contributed by atoms with Crippen molar-refractivity contribution in [3.63, 3.8) is 0 Å². The van der Waals surface area contributed by atoms with E-state index in [1.54, 1.807) is 31.2 Å². The Labute approximate surface area is 112 Å². The van der Waals surface area contributed by atoms with E-state index >= 15 is 0 Å². The smallest absolute Gasteiger partial charge is 0.222 e. The van der Waals surface area contributed by atoms with Crippen LogP contribution in [0.5, 0.6) is 5.75 Å². The summed E-state index contributed by atoms with van der Waals surface area (Å²) < 4.78 is 5.33. The normalized spacial score (nSPS) is 24.2. The number of methoxy groups -OCH3 is 1. The molecule has 1 aliphatic heterocycles. The van der Waals surface area contributed by atoms with Crippen LogP contribution in [0, 0.1) is 0 Å². The number of halogens is 1. The molecule has 18 heavy (non-hydrogen) atoms. The Bertz CT molecular complexity index is 464. The van der Waals surface area contributed by atoms with Gasteiger partial charge in [0.25, 0.3) is 0 Å². The van der Waals surface area contributed by atoms with Crippen molar-refractivity contribution < 1.29 is 9.53 Å². The fourth-order valence-corrected chi connectivity index (χ4v) is 2.62. The molecule has 0 spiro atoms. The van der Waals surface area contributed by atoms with E-state index in [0.717, 1.165) is 5.56 Å². The predicted octanol–water partition coefficient (Wildman–Crippen LogP) is 1.97. The van der Waals surface area contributed by atoms with Crippen LogP contribution in [0.2, 0.25) is 5.02 Å². The molecule has 0 aromatic heterocycles. The highest BCUT2D eigenvalue weighted by Gasteiger charge is 2.34. The number of ether oxygens (including phenoxy) is 1.